The van der Waals surface area contributed by atoms with Gasteiger partial charge in [0.15, 0.2) is 11.4 Å². The molecule has 26 heavy (non-hydrogen) atoms. The monoisotopic (exact) mass is 410 g/mol. The Morgan fingerprint density at radius 3 is 2.88 bits per heavy atom. The van der Waals surface area contributed by atoms with Gasteiger partial charge in [0.1, 0.15) is 11.6 Å². The highest BCUT2D eigenvalue weighted by atomic mass is 35.5. The van der Waals surface area contributed by atoms with Gasteiger partial charge in [-0.1, -0.05) is 46.7 Å². The van der Waals surface area contributed by atoms with E-state index in [9.17, 15) is 9.18 Å². The van der Waals surface area contributed by atoms with Crippen molar-refractivity contribution in [1.29, 1.82) is 0 Å². The average molecular weight is 411 g/mol. The Morgan fingerprint density at radius 1 is 1.35 bits per heavy atom. The van der Waals surface area contributed by atoms with Crippen LogP contribution in [0.25, 0.3) is 10.2 Å². The standard InChI is InChI=1S/C18H13Cl2FN2O2S/c1-2-8-23-17-13(21)4-3-5-15(17)26-18(23)22-16(24)10-25-14-7-6-11(19)9-12(14)20/h2-7,9H,1,8,10H2. The summed E-state index contributed by atoms with van der Waals surface area (Å²) in [5.74, 6) is -0.555. The first-order chi connectivity index (χ1) is 12.5. The predicted octanol–water partition coefficient (Wildman–Crippen LogP) is 4.84. The third-order valence-electron chi connectivity index (χ3n) is 3.43. The van der Waals surface area contributed by atoms with Crippen LogP contribution in [0.5, 0.6) is 5.75 Å². The number of thiazole rings is 1. The van der Waals surface area contributed by atoms with Crippen LogP contribution >= 0.6 is 34.5 Å². The topological polar surface area (TPSA) is 43.6 Å². The quantitative estimate of drug-likeness (QED) is 0.564. The van der Waals surface area contributed by atoms with Crippen molar-refractivity contribution < 1.29 is 13.9 Å². The Morgan fingerprint density at radius 2 is 2.15 bits per heavy atom. The van der Waals surface area contributed by atoms with E-state index in [0.717, 1.165) is 0 Å². The van der Waals surface area contributed by atoms with E-state index in [1.54, 1.807) is 34.9 Å². The second kappa shape index (κ2) is 8.03. The number of fused-ring (bicyclic) bond motifs is 1. The maximum atomic E-state index is 14.1. The number of rotatable bonds is 5. The molecule has 1 amide bonds. The fourth-order valence-electron chi connectivity index (χ4n) is 2.34. The summed E-state index contributed by atoms with van der Waals surface area (Å²) < 4.78 is 21.8. The van der Waals surface area contributed by atoms with E-state index in [4.69, 9.17) is 27.9 Å². The molecule has 0 N–H and O–H groups in total. The lowest BCUT2D eigenvalue weighted by molar-refractivity contribution is -0.120. The number of ether oxygens (including phenoxy) is 1. The molecule has 3 aromatic rings. The number of allylic oxidation sites excluding steroid dienone is 1. The van der Waals surface area contributed by atoms with Crippen LogP contribution in [-0.4, -0.2) is 17.1 Å². The Labute approximate surface area is 162 Å². The minimum absolute atomic E-state index is 0.299. The first-order valence-corrected chi connectivity index (χ1v) is 9.11. The van der Waals surface area contributed by atoms with E-state index >= 15 is 0 Å². The van der Waals surface area contributed by atoms with Gasteiger partial charge in [0.2, 0.25) is 0 Å². The number of amides is 1. The zero-order valence-electron chi connectivity index (χ0n) is 13.4. The molecule has 0 fully saturated rings. The lowest BCUT2D eigenvalue weighted by Gasteiger charge is -2.06. The van der Waals surface area contributed by atoms with Gasteiger partial charge in [-0.2, -0.15) is 4.99 Å². The first-order valence-electron chi connectivity index (χ1n) is 7.53. The second-order valence-electron chi connectivity index (χ2n) is 5.24. The summed E-state index contributed by atoms with van der Waals surface area (Å²) in [4.78, 5) is 16.6. The molecule has 8 heteroatoms. The number of aromatic nitrogens is 1. The van der Waals surface area contributed by atoms with Gasteiger partial charge in [0.05, 0.1) is 15.2 Å². The summed E-state index contributed by atoms with van der Waals surface area (Å²) in [7, 11) is 0. The normalized spacial score (nSPS) is 11.7. The number of para-hydroxylation sites is 1. The molecule has 1 heterocycles. The first kappa shape index (κ1) is 18.6. The number of carbonyl (C=O) groups excluding carboxylic acids is 1. The minimum atomic E-state index is -0.513. The van der Waals surface area contributed by atoms with Gasteiger partial charge in [-0.3, -0.25) is 4.79 Å². The number of carbonyl (C=O) groups is 1. The molecule has 0 aliphatic rings. The summed E-state index contributed by atoms with van der Waals surface area (Å²) in [6.07, 6.45) is 1.62. The van der Waals surface area contributed by atoms with Crippen molar-refractivity contribution in [3.63, 3.8) is 0 Å². The Bertz CT molecular complexity index is 1060. The van der Waals surface area contributed by atoms with Gasteiger partial charge in [-0.25, -0.2) is 4.39 Å². The van der Waals surface area contributed by atoms with E-state index in [0.29, 0.717) is 37.4 Å². The van der Waals surface area contributed by atoms with Crippen molar-refractivity contribution in [2.45, 2.75) is 6.54 Å². The van der Waals surface area contributed by atoms with Gasteiger partial charge < -0.3 is 9.30 Å². The largest absolute Gasteiger partial charge is 0.482 e. The molecule has 0 aliphatic carbocycles. The Balaban J connectivity index is 1.89. The maximum Gasteiger partial charge on any atom is 0.286 e. The molecule has 0 saturated carbocycles. The van der Waals surface area contributed by atoms with Crippen LogP contribution in [0.2, 0.25) is 10.0 Å². The van der Waals surface area contributed by atoms with Gasteiger partial charge in [-0.05, 0) is 30.3 Å². The van der Waals surface area contributed by atoms with Gasteiger partial charge in [0, 0.05) is 11.6 Å². The summed E-state index contributed by atoms with van der Waals surface area (Å²) in [6.45, 7) is 3.70. The Hall–Kier alpha value is -2.15. The molecule has 0 aliphatic heterocycles. The van der Waals surface area contributed by atoms with E-state index in [-0.39, 0.29) is 12.4 Å². The third-order valence-corrected chi connectivity index (χ3v) is 5.00. The van der Waals surface area contributed by atoms with Crippen LogP contribution in [0.15, 0.2) is 54.0 Å². The highest BCUT2D eigenvalue weighted by Gasteiger charge is 2.11. The fourth-order valence-corrected chi connectivity index (χ4v) is 3.88. The van der Waals surface area contributed by atoms with Crippen LogP contribution in [0.4, 0.5) is 4.39 Å². The van der Waals surface area contributed by atoms with Crippen molar-refractivity contribution >= 4 is 50.7 Å². The highest BCUT2D eigenvalue weighted by molar-refractivity contribution is 7.16. The zero-order chi connectivity index (χ0) is 18.7. The molecular formula is C18H13Cl2FN2O2S. The molecule has 0 bridgehead atoms. The van der Waals surface area contributed by atoms with Gasteiger partial charge in [0.25, 0.3) is 5.91 Å². The summed E-state index contributed by atoms with van der Waals surface area (Å²) in [5, 5.41) is 0.770. The van der Waals surface area contributed by atoms with Gasteiger partial charge >= 0.3 is 0 Å². The Kier molecular flexibility index (Phi) is 5.76. The second-order valence-corrected chi connectivity index (χ2v) is 7.09. The molecule has 3 rings (SSSR count). The molecule has 0 spiro atoms. The zero-order valence-corrected chi connectivity index (χ0v) is 15.7. The highest BCUT2D eigenvalue weighted by Crippen LogP contribution is 2.27. The van der Waals surface area contributed by atoms with Crippen LogP contribution in [0, 0.1) is 5.82 Å². The number of nitrogens with zero attached hydrogens (tertiary/aromatic N) is 2. The maximum absolute atomic E-state index is 14.1. The SMILES string of the molecule is C=CCn1c(=NC(=O)COc2ccc(Cl)cc2Cl)sc2cccc(F)c21. The molecule has 4 nitrogen and oxygen atoms in total. The van der Waals surface area contributed by atoms with Crippen LogP contribution in [0.3, 0.4) is 0 Å². The van der Waals surface area contributed by atoms with E-state index in [2.05, 4.69) is 11.6 Å². The van der Waals surface area contributed by atoms with Gasteiger partial charge in [-0.15, -0.1) is 6.58 Å². The average Bonchev–Trinajstić information content (AvgIpc) is 2.93. The lowest BCUT2D eigenvalue weighted by atomic mass is 10.3. The van der Waals surface area contributed by atoms with Crippen LogP contribution in [-0.2, 0) is 11.3 Å². The molecule has 1 aromatic heterocycles. The molecule has 134 valence electrons. The fraction of sp³-hybridized carbons (Fsp3) is 0.111. The van der Waals surface area contributed by atoms with E-state index in [1.165, 1.54) is 23.5 Å². The van der Waals surface area contributed by atoms with Crippen molar-refractivity contribution in [2.24, 2.45) is 4.99 Å². The number of halogens is 3. The molecular weight excluding hydrogens is 398 g/mol. The van der Waals surface area contributed by atoms with Crippen molar-refractivity contribution in [1.82, 2.24) is 4.57 Å². The third kappa shape index (κ3) is 3.98. The van der Waals surface area contributed by atoms with Crippen LogP contribution in [0.1, 0.15) is 0 Å². The molecule has 0 saturated heterocycles. The summed E-state index contributed by atoms with van der Waals surface area (Å²) in [5.41, 5.74) is 0.394. The summed E-state index contributed by atoms with van der Waals surface area (Å²) >= 11 is 13.0. The smallest absolute Gasteiger partial charge is 0.286 e. The minimum Gasteiger partial charge on any atom is -0.482 e. The van der Waals surface area contributed by atoms with Crippen molar-refractivity contribution in [3.05, 3.63) is 69.7 Å². The van der Waals surface area contributed by atoms with Crippen molar-refractivity contribution in [2.75, 3.05) is 6.61 Å². The van der Waals surface area contributed by atoms with E-state index < -0.39 is 5.91 Å². The lowest BCUT2D eigenvalue weighted by Crippen LogP contribution is -2.19. The van der Waals surface area contributed by atoms with Crippen molar-refractivity contribution in [3.8, 4) is 5.75 Å². The molecule has 0 atom stereocenters. The number of hydrogen-bond donors (Lipinski definition) is 0. The molecule has 0 unspecified atom stereocenters. The molecule has 0 radical (unpaired) electrons. The predicted molar refractivity (Wildman–Crippen MR) is 102 cm³/mol. The summed E-state index contributed by atoms with van der Waals surface area (Å²) in [6, 6.07) is 9.46. The van der Waals surface area contributed by atoms with Crippen LogP contribution < -0.4 is 9.54 Å². The number of hydrogen-bond acceptors (Lipinski definition) is 3. The van der Waals surface area contributed by atoms with E-state index in [1.807, 2.05) is 0 Å². The molecule has 2 aromatic carbocycles. The number of benzene rings is 2.